The predicted molar refractivity (Wildman–Crippen MR) is 73.0 cm³/mol. The van der Waals surface area contributed by atoms with Crippen LogP contribution in [0.3, 0.4) is 0 Å². The molecule has 0 aromatic heterocycles. The van der Waals surface area contributed by atoms with E-state index in [2.05, 4.69) is 0 Å². The molecule has 1 atom stereocenters. The van der Waals surface area contributed by atoms with E-state index in [1.807, 2.05) is 24.0 Å². The second-order valence-electron chi connectivity index (χ2n) is 4.94. The molecule has 19 heavy (non-hydrogen) atoms. The first-order valence-electron chi connectivity index (χ1n) is 6.82. The highest BCUT2D eigenvalue weighted by atomic mass is 16.5. The van der Waals surface area contributed by atoms with Crippen LogP contribution < -0.4 is 4.74 Å². The van der Waals surface area contributed by atoms with Gasteiger partial charge in [0.05, 0.1) is 6.10 Å². The molecule has 104 valence electrons. The van der Waals surface area contributed by atoms with Crippen LogP contribution in [0.5, 0.6) is 5.75 Å². The summed E-state index contributed by atoms with van der Waals surface area (Å²) in [7, 11) is 0. The Hall–Kier alpha value is -1.55. The molecule has 0 saturated heterocycles. The molecule has 0 bridgehead atoms. The molecule has 1 aliphatic carbocycles. The minimum absolute atomic E-state index is 0.0459. The quantitative estimate of drug-likeness (QED) is 0.855. The summed E-state index contributed by atoms with van der Waals surface area (Å²) < 4.78 is 5.49. The fourth-order valence-electron chi connectivity index (χ4n) is 2.09. The number of benzene rings is 1. The van der Waals surface area contributed by atoms with Crippen molar-refractivity contribution in [1.29, 1.82) is 0 Å². The number of hydrogen-bond donors (Lipinski definition) is 1. The largest absolute Gasteiger partial charge is 0.484 e. The van der Waals surface area contributed by atoms with Crippen molar-refractivity contribution in [3.63, 3.8) is 0 Å². The number of likely N-dealkylation sites (N-methyl/N-ethyl adjacent to an activating group) is 1. The van der Waals surface area contributed by atoms with Gasteiger partial charge in [-0.3, -0.25) is 4.79 Å². The molecule has 1 saturated carbocycles. The molecule has 2 rings (SSSR count). The molecule has 1 aromatic rings. The third kappa shape index (κ3) is 3.70. The minimum atomic E-state index is -0.485. The summed E-state index contributed by atoms with van der Waals surface area (Å²) in [5.74, 6) is 0.703. The summed E-state index contributed by atoms with van der Waals surface area (Å²) in [5, 5.41) is 9.40. The maximum Gasteiger partial charge on any atom is 0.260 e. The average Bonchev–Trinajstić information content (AvgIpc) is 3.22. The lowest BCUT2D eigenvalue weighted by Crippen LogP contribution is -2.36. The Balaban J connectivity index is 1.85. The number of ether oxygens (including phenoxy) is 1. The third-order valence-electron chi connectivity index (χ3n) is 3.37. The molecule has 0 heterocycles. The number of carbonyl (C=O) groups is 1. The normalized spacial score (nSPS) is 15.9. The Kier molecular flexibility index (Phi) is 4.43. The molecule has 1 amide bonds. The van der Waals surface area contributed by atoms with E-state index in [0.717, 1.165) is 24.9 Å². The van der Waals surface area contributed by atoms with E-state index < -0.39 is 6.10 Å². The van der Waals surface area contributed by atoms with Gasteiger partial charge in [-0.1, -0.05) is 12.1 Å². The van der Waals surface area contributed by atoms with Gasteiger partial charge in [0.25, 0.3) is 5.91 Å². The first-order chi connectivity index (χ1) is 9.11. The number of amides is 1. The number of nitrogens with zero attached hydrogens (tertiary/aromatic N) is 1. The molecule has 1 aliphatic rings. The Morgan fingerprint density at radius 3 is 2.53 bits per heavy atom. The van der Waals surface area contributed by atoms with Crippen LogP contribution >= 0.6 is 0 Å². The molecule has 1 aromatic carbocycles. The van der Waals surface area contributed by atoms with Crippen molar-refractivity contribution in [3.05, 3.63) is 29.8 Å². The number of carbonyl (C=O) groups excluding carboxylic acids is 1. The Bertz CT molecular complexity index is 424. The van der Waals surface area contributed by atoms with E-state index in [1.54, 1.807) is 19.1 Å². The number of hydrogen-bond acceptors (Lipinski definition) is 3. The highest BCUT2D eigenvalue weighted by Crippen LogP contribution is 2.26. The van der Waals surface area contributed by atoms with Crippen LogP contribution in [0.25, 0.3) is 0 Å². The van der Waals surface area contributed by atoms with Crippen molar-refractivity contribution in [2.75, 3.05) is 13.2 Å². The fraction of sp³-hybridized carbons (Fsp3) is 0.533. The number of rotatable bonds is 6. The summed E-state index contributed by atoms with van der Waals surface area (Å²) in [6, 6.07) is 7.61. The van der Waals surface area contributed by atoms with Crippen molar-refractivity contribution in [1.82, 2.24) is 4.90 Å². The maximum absolute atomic E-state index is 12.0. The van der Waals surface area contributed by atoms with E-state index in [-0.39, 0.29) is 12.5 Å². The van der Waals surface area contributed by atoms with Gasteiger partial charge in [-0.15, -0.1) is 0 Å². The first kappa shape index (κ1) is 13.9. The molecule has 1 fully saturated rings. The van der Waals surface area contributed by atoms with E-state index in [4.69, 9.17) is 4.74 Å². The van der Waals surface area contributed by atoms with Crippen LogP contribution in [0.15, 0.2) is 24.3 Å². The Labute approximate surface area is 114 Å². The van der Waals surface area contributed by atoms with Gasteiger partial charge in [0.2, 0.25) is 0 Å². The zero-order valence-corrected chi connectivity index (χ0v) is 11.5. The van der Waals surface area contributed by atoms with E-state index in [0.29, 0.717) is 11.8 Å². The van der Waals surface area contributed by atoms with Crippen LogP contribution in [0, 0.1) is 0 Å². The smallest absolute Gasteiger partial charge is 0.260 e. The van der Waals surface area contributed by atoms with Gasteiger partial charge in [0.15, 0.2) is 6.61 Å². The minimum Gasteiger partial charge on any atom is -0.484 e. The molecule has 0 aliphatic heterocycles. The molecule has 4 nitrogen and oxygen atoms in total. The van der Waals surface area contributed by atoms with Gasteiger partial charge in [-0.25, -0.2) is 0 Å². The average molecular weight is 263 g/mol. The lowest BCUT2D eigenvalue weighted by Gasteiger charge is -2.20. The Morgan fingerprint density at radius 1 is 1.42 bits per heavy atom. The van der Waals surface area contributed by atoms with E-state index >= 15 is 0 Å². The Morgan fingerprint density at radius 2 is 2.05 bits per heavy atom. The molecule has 1 N–H and O–H groups in total. The van der Waals surface area contributed by atoms with Gasteiger partial charge in [-0.05, 0) is 44.4 Å². The summed E-state index contributed by atoms with van der Waals surface area (Å²) in [6.45, 7) is 4.54. The van der Waals surface area contributed by atoms with Crippen molar-refractivity contribution < 1.29 is 14.6 Å². The van der Waals surface area contributed by atoms with Gasteiger partial charge in [0, 0.05) is 12.6 Å². The van der Waals surface area contributed by atoms with Crippen LogP contribution in [-0.2, 0) is 4.79 Å². The summed E-state index contributed by atoms with van der Waals surface area (Å²) in [6.07, 6.45) is 1.74. The monoisotopic (exact) mass is 263 g/mol. The van der Waals surface area contributed by atoms with Crippen molar-refractivity contribution in [3.8, 4) is 5.75 Å². The summed E-state index contributed by atoms with van der Waals surface area (Å²) in [5.41, 5.74) is 0.840. The molecular formula is C15H21NO3. The summed E-state index contributed by atoms with van der Waals surface area (Å²) >= 11 is 0. The number of aliphatic hydroxyl groups excluding tert-OH is 1. The van der Waals surface area contributed by atoms with Crippen LogP contribution in [0.1, 0.15) is 38.4 Å². The molecule has 0 radical (unpaired) electrons. The zero-order valence-electron chi connectivity index (χ0n) is 11.5. The second kappa shape index (κ2) is 6.06. The topological polar surface area (TPSA) is 49.8 Å². The fourth-order valence-corrected chi connectivity index (χ4v) is 2.09. The zero-order chi connectivity index (χ0) is 13.8. The molecule has 0 spiro atoms. The van der Waals surface area contributed by atoms with Gasteiger partial charge >= 0.3 is 0 Å². The second-order valence-corrected chi connectivity index (χ2v) is 4.94. The summed E-state index contributed by atoms with van der Waals surface area (Å²) in [4.78, 5) is 13.8. The van der Waals surface area contributed by atoms with Gasteiger partial charge < -0.3 is 14.7 Å². The van der Waals surface area contributed by atoms with Crippen molar-refractivity contribution in [2.45, 2.75) is 38.8 Å². The van der Waals surface area contributed by atoms with Crippen molar-refractivity contribution in [2.24, 2.45) is 0 Å². The van der Waals surface area contributed by atoms with Gasteiger partial charge in [-0.2, -0.15) is 0 Å². The highest BCUT2D eigenvalue weighted by Gasteiger charge is 2.31. The SMILES string of the molecule is CCN(C(=O)COc1ccc([C@H](C)O)cc1)C1CC1. The standard InChI is InChI=1S/C15H21NO3/c1-3-16(13-6-7-13)15(18)10-19-14-8-4-12(5-9-14)11(2)17/h4-5,8-9,11,13,17H,3,6-7,10H2,1-2H3/t11-/m0/s1. The predicted octanol–water partition coefficient (Wildman–Crippen LogP) is 2.13. The van der Waals surface area contributed by atoms with E-state index in [1.165, 1.54) is 0 Å². The molecule has 0 unspecified atom stereocenters. The van der Waals surface area contributed by atoms with Crippen LogP contribution in [0.4, 0.5) is 0 Å². The lowest BCUT2D eigenvalue weighted by molar-refractivity contribution is -0.133. The first-order valence-corrected chi connectivity index (χ1v) is 6.82. The molecular weight excluding hydrogens is 242 g/mol. The highest BCUT2D eigenvalue weighted by molar-refractivity contribution is 5.78. The van der Waals surface area contributed by atoms with Gasteiger partial charge in [0.1, 0.15) is 5.75 Å². The number of aliphatic hydroxyl groups is 1. The van der Waals surface area contributed by atoms with E-state index in [9.17, 15) is 9.90 Å². The maximum atomic E-state index is 12.0. The molecule has 4 heteroatoms. The lowest BCUT2D eigenvalue weighted by atomic mass is 10.1. The van der Waals surface area contributed by atoms with Crippen molar-refractivity contribution >= 4 is 5.91 Å². The third-order valence-corrected chi connectivity index (χ3v) is 3.37. The van der Waals surface area contributed by atoms with Crippen LogP contribution in [-0.4, -0.2) is 35.1 Å². The van der Waals surface area contributed by atoms with Crippen LogP contribution in [0.2, 0.25) is 0 Å².